The van der Waals surface area contributed by atoms with Crippen molar-refractivity contribution in [2.45, 2.75) is 107 Å². The van der Waals surface area contributed by atoms with E-state index in [4.69, 9.17) is 9.40 Å². The van der Waals surface area contributed by atoms with Gasteiger partial charge in [0.05, 0.1) is 5.76 Å². The van der Waals surface area contributed by atoms with Crippen molar-refractivity contribution in [3.05, 3.63) is 76.2 Å². The van der Waals surface area contributed by atoms with E-state index in [9.17, 15) is 9.90 Å². The van der Waals surface area contributed by atoms with E-state index in [-0.39, 0.29) is 48.9 Å². The molecule has 1 N–H and O–H groups in total. The fraction of sp³-hybridized carbons (Fsp3) is 0.487. The van der Waals surface area contributed by atoms with E-state index in [1.54, 1.807) is 0 Å². The Morgan fingerprint density at radius 2 is 1.61 bits per heavy atom. The summed E-state index contributed by atoms with van der Waals surface area (Å²) in [6, 6.07) is 12.5. The van der Waals surface area contributed by atoms with E-state index in [2.05, 4.69) is 71.9 Å². The van der Waals surface area contributed by atoms with Crippen LogP contribution in [0.15, 0.2) is 46.7 Å². The molecule has 0 fully saturated rings. The van der Waals surface area contributed by atoms with Gasteiger partial charge in [-0.2, -0.15) is 0 Å². The molecule has 0 amide bonds. The zero-order valence-electron chi connectivity index (χ0n) is 28.3. The maximum absolute atomic E-state index is 11.7. The second-order valence-electron chi connectivity index (χ2n) is 13.3. The maximum atomic E-state index is 11.7. The first kappa shape index (κ1) is 35.7. The number of aliphatic hydroxyl groups excluding tert-OH is 1. The van der Waals surface area contributed by atoms with Gasteiger partial charge >= 0.3 is 0 Å². The third-order valence-electron chi connectivity index (χ3n) is 9.28. The van der Waals surface area contributed by atoms with Gasteiger partial charge in [0.1, 0.15) is 11.2 Å². The first-order chi connectivity index (χ1) is 20.4. The van der Waals surface area contributed by atoms with Gasteiger partial charge in [0, 0.05) is 60.5 Å². The first-order valence-electron chi connectivity index (χ1n) is 16.2. The van der Waals surface area contributed by atoms with E-state index >= 15 is 0 Å². The summed E-state index contributed by atoms with van der Waals surface area (Å²) in [5.41, 5.74) is 10.2. The largest absolute Gasteiger partial charge is 0.512 e. The summed E-state index contributed by atoms with van der Waals surface area (Å²) in [7, 11) is 0. The maximum Gasteiger partial charge on any atom is 0.162 e. The molecule has 0 unspecified atom stereocenters. The third kappa shape index (κ3) is 6.75. The van der Waals surface area contributed by atoms with Crippen molar-refractivity contribution in [1.82, 2.24) is 4.98 Å². The second kappa shape index (κ2) is 14.6. The quantitative estimate of drug-likeness (QED) is 0.105. The van der Waals surface area contributed by atoms with Gasteiger partial charge in [0.25, 0.3) is 0 Å². The van der Waals surface area contributed by atoms with Gasteiger partial charge in [-0.25, -0.2) is 0 Å². The zero-order chi connectivity index (χ0) is 31.6. The summed E-state index contributed by atoms with van der Waals surface area (Å²) in [4.78, 5) is 16.6. The minimum Gasteiger partial charge on any atom is -0.512 e. The van der Waals surface area contributed by atoms with E-state index in [1.807, 2.05) is 33.9 Å². The van der Waals surface area contributed by atoms with Gasteiger partial charge in [-0.3, -0.25) is 4.79 Å². The van der Waals surface area contributed by atoms with Crippen LogP contribution in [0, 0.1) is 37.7 Å². The van der Waals surface area contributed by atoms with Gasteiger partial charge in [0.2, 0.25) is 0 Å². The average Bonchev–Trinajstić information content (AvgIpc) is 3.34. The number of furan rings is 1. The number of pyridine rings is 1. The van der Waals surface area contributed by atoms with Crippen molar-refractivity contribution in [2.75, 3.05) is 0 Å². The molecule has 1 aliphatic rings. The molecule has 5 heteroatoms. The van der Waals surface area contributed by atoms with Crippen molar-refractivity contribution in [1.29, 1.82) is 0 Å². The Morgan fingerprint density at radius 3 is 2.20 bits per heavy atom. The SMILES string of the molecule is CCC(CC)C(=O)/C=C(\O)C(CC)CC.Cc1c[c-]c2c(c1)C(C)(C)c1ccc(CC(C)C)c3oc4c(C)cnc-2c4c13.[Ir]. The Labute approximate surface area is 278 Å². The molecular formula is C39H50IrNO3-. The summed E-state index contributed by atoms with van der Waals surface area (Å²) in [6.45, 7) is 21.4. The summed E-state index contributed by atoms with van der Waals surface area (Å²) in [5, 5.41) is 12.2. The number of aryl methyl sites for hydroxylation is 2. The molecule has 2 heterocycles. The Bertz CT molecular complexity index is 1650. The zero-order valence-corrected chi connectivity index (χ0v) is 30.7. The first-order valence-corrected chi connectivity index (χ1v) is 16.2. The fourth-order valence-electron chi connectivity index (χ4n) is 6.57. The molecule has 1 radical (unpaired) electrons. The van der Waals surface area contributed by atoms with Crippen LogP contribution in [-0.2, 0) is 36.7 Å². The Kier molecular flexibility index (Phi) is 11.8. The number of rotatable bonds is 9. The number of carbonyl (C=O) groups is 1. The number of hydrogen-bond acceptors (Lipinski definition) is 4. The van der Waals surface area contributed by atoms with Gasteiger partial charge in [-0.05, 0) is 67.2 Å². The number of ketones is 1. The van der Waals surface area contributed by atoms with Gasteiger partial charge in [0.15, 0.2) is 5.78 Å². The van der Waals surface area contributed by atoms with Gasteiger partial charge in [-0.15, -0.1) is 34.9 Å². The van der Waals surface area contributed by atoms with Crippen LogP contribution >= 0.6 is 0 Å². The molecule has 0 saturated heterocycles. The number of allylic oxidation sites excluding steroid dienone is 2. The van der Waals surface area contributed by atoms with Crippen molar-refractivity contribution in [3.8, 4) is 11.3 Å². The van der Waals surface area contributed by atoms with Crippen molar-refractivity contribution in [3.63, 3.8) is 0 Å². The predicted octanol–water partition coefficient (Wildman–Crippen LogP) is 10.8. The molecule has 4 aromatic rings. The second-order valence-corrected chi connectivity index (χ2v) is 13.3. The predicted molar refractivity (Wildman–Crippen MR) is 180 cm³/mol. The van der Waals surface area contributed by atoms with Crippen LogP contribution in [0.1, 0.15) is 109 Å². The van der Waals surface area contributed by atoms with Crippen molar-refractivity contribution >= 4 is 27.7 Å². The summed E-state index contributed by atoms with van der Waals surface area (Å²) >= 11 is 0. The standard InChI is InChI=1S/C26H26NO.C13H24O2.Ir/c1-14(2)11-17-8-10-19-21-22-23(27-13-16(4)24(22)28-25(17)21)18-9-7-15(3)12-20(18)26(19,5)6;1-5-10(6-2)12(14)9-13(15)11(7-3)8-4;/h7-8,10,12-14H,11H2,1-6H3;9-11,14H,5-8H2,1-4H3;/q-1;;/b;12-9-;. The number of carbonyl (C=O) groups excluding carboxylic acids is 1. The number of aliphatic hydroxyl groups is 1. The van der Waals surface area contributed by atoms with Crippen LogP contribution in [0.25, 0.3) is 33.2 Å². The molecule has 4 nitrogen and oxygen atoms in total. The Balaban J connectivity index is 0.000000286. The van der Waals surface area contributed by atoms with E-state index in [0.717, 1.165) is 65.5 Å². The molecule has 0 bridgehead atoms. The fourth-order valence-corrected chi connectivity index (χ4v) is 6.57. The Hall–Kier alpha value is -2.75. The topological polar surface area (TPSA) is 63.3 Å². The number of fused-ring (bicyclic) bond motifs is 2. The average molecular weight is 773 g/mol. The summed E-state index contributed by atoms with van der Waals surface area (Å²) in [6.07, 6.45) is 7.86. The van der Waals surface area contributed by atoms with Crippen molar-refractivity contribution < 1.29 is 34.4 Å². The minimum atomic E-state index is -0.155. The van der Waals surface area contributed by atoms with Crippen LogP contribution in [0.2, 0.25) is 0 Å². The van der Waals surface area contributed by atoms with Crippen LogP contribution < -0.4 is 0 Å². The molecule has 2 aromatic carbocycles. The van der Waals surface area contributed by atoms with E-state index in [0.29, 0.717) is 5.92 Å². The molecular weight excluding hydrogens is 723 g/mol. The molecule has 0 aliphatic heterocycles. The smallest absolute Gasteiger partial charge is 0.162 e. The van der Waals surface area contributed by atoms with E-state index in [1.165, 1.54) is 33.7 Å². The molecule has 44 heavy (non-hydrogen) atoms. The number of aromatic nitrogens is 1. The van der Waals surface area contributed by atoms with Crippen LogP contribution in [0.4, 0.5) is 0 Å². The summed E-state index contributed by atoms with van der Waals surface area (Å²) < 4.78 is 6.55. The van der Waals surface area contributed by atoms with Gasteiger partial charge < -0.3 is 14.5 Å². The normalized spacial score (nSPS) is 13.7. The molecule has 1 aliphatic carbocycles. The Morgan fingerprint density at radius 1 is 0.977 bits per heavy atom. The molecule has 5 rings (SSSR count). The molecule has 0 atom stereocenters. The molecule has 239 valence electrons. The monoisotopic (exact) mass is 773 g/mol. The van der Waals surface area contributed by atoms with E-state index < -0.39 is 0 Å². The molecule has 2 aromatic heterocycles. The number of benzene rings is 2. The van der Waals surface area contributed by atoms with Crippen LogP contribution in [0.5, 0.6) is 0 Å². The van der Waals surface area contributed by atoms with Crippen molar-refractivity contribution in [2.24, 2.45) is 17.8 Å². The van der Waals surface area contributed by atoms with Crippen LogP contribution in [-0.4, -0.2) is 15.9 Å². The summed E-state index contributed by atoms with van der Waals surface area (Å²) in [5.74, 6) is 1.12. The number of nitrogens with zero attached hydrogens (tertiary/aromatic N) is 1. The molecule has 0 spiro atoms. The third-order valence-corrected chi connectivity index (χ3v) is 9.28. The molecule has 0 saturated carbocycles. The number of hydrogen-bond donors (Lipinski definition) is 1. The minimum absolute atomic E-state index is 0. The van der Waals surface area contributed by atoms with Gasteiger partial charge in [-0.1, -0.05) is 74.4 Å². The van der Waals surface area contributed by atoms with Crippen LogP contribution in [0.3, 0.4) is 0 Å².